The summed E-state index contributed by atoms with van der Waals surface area (Å²) in [6.07, 6.45) is 0.745. The van der Waals surface area contributed by atoms with E-state index >= 15 is 0 Å². The zero-order valence-corrected chi connectivity index (χ0v) is 13.3. The number of aryl methyl sites for hydroxylation is 1. The molecule has 0 aliphatic carbocycles. The maximum atomic E-state index is 12.7. The van der Waals surface area contributed by atoms with E-state index in [9.17, 15) is 8.42 Å². The van der Waals surface area contributed by atoms with Gasteiger partial charge in [0.15, 0.2) is 0 Å². The molecule has 0 spiro atoms. The minimum absolute atomic E-state index is 0.262. The number of benzene rings is 2. The summed E-state index contributed by atoms with van der Waals surface area (Å²) in [5.74, 6) is 0. The van der Waals surface area contributed by atoms with Gasteiger partial charge in [-0.3, -0.25) is 0 Å². The molecule has 0 saturated carbocycles. The first-order valence-electron chi connectivity index (χ1n) is 6.81. The standard InChI is InChI=1S/C16H16ClNO2S/c1-12-6-7-15(10-16(12)17)21(19,20)18-9-8-13-4-2-3-5-14(13)11-18/h2-7,10H,8-9,11H2,1H3. The summed E-state index contributed by atoms with van der Waals surface area (Å²) in [7, 11) is -3.50. The monoisotopic (exact) mass is 321 g/mol. The quantitative estimate of drug-likeness (QED) is 0.850. The molecule has 1 aliphatic heterocycles. The van der Waals surface area contributed by atoms with Gasteiger partial charge in [-0.2, -0.15) is 4.31 Å². The third-order valence-corrected chi connectivity index (χ3v) is 6.13. The first kappa shape index (κ1) is 14.6. The molecule has 2 aromatic carbocycles. The van der Waals surface area contributed by atoms with E-state index in [-0.39, 0.29) is 4.90 Å². The lowest BCUT2D eigenvalue weighted by molar-refractivity contribution is 0.391. The molecule has 0 unspecified atom stereocenters. The van der Waals surface area contributed by atoms with E-state index in [1.54, 1.807) is 12.1 Å². The number of hydrogen-bond acceptors (Lipinski definition) is 2. The topological polar surface area (TPSA) is 37.4 Å². The van der Waals surface area contributed by atoms with Crippen molar-refractivity contribution < 1.29 is 8.42 Å². The van der Waals surface area contributed by atoms with Crippen LogP contribution in [0, 0.1) is 6.92 Å². The van der Waals surface area contributed by atoms with Gasteiger partial charge >= 0.3 is 0 Å². The second-order valence-electron chi connectivity index (χ2n) is 5.27. The van der Waals surface area contributed by atoms with Gasteiger partial charge in [-0.15, -0.1) is 0 Å². The Morgan fingerprint density at radius 1 is 1.10 bits per heavy atom. The van der Waals surface area contributed by atoms with Crippen LogP contribution in [0.3, 0.4) is 0 Å². The average Bonchev–Trinajstić information content (AvgIpc) is 2.49. The van der Waals surface area contributed by atoms with Crippen molar-refractivity contribution >= 4 is 21.6 Å². The van der Waals surface area contributed by atoms with Crippen molar-refractivity contribution in [1.82, 2.24) is 4.31 Å². The van der Waals surface area contributed by atoms with Gasteiger partial charge in [0.2, 0.25) is 10.0 Å². The molecule has 0 radical (unpaired) electrons. The van der Waals surface area contributed by atoms with Gasteiger partial charge < -0.3 is 0 Å². The molecular weight excluding hydrogens is 306 g/mol. The van der Waals surface area contributed by atoms with Gasteiger partial charge in [0.1, 0.15) is 0 Å². The highest BCUT2D eigenvalue weighted by molar-refractivity contribution is 7.89. The summed E-state index contributed by atoms with van der Waals surface area (Å²) in [5, 5.41) is 0.480. The first-order chi connectivity index (χ1) is 9.98. The SMILES string of the molecule is Cc1ccc(S(=O)(=O)N2CCc3ccccc3C2)cc1Cl. The second-order valence-corrected chi connectivity index (χ2v) is 7.61. The van der Waals surface area contributed by atoms with Crippen molar-refractivity contribution in [3.8, 4) is 0 Å². The molecule has 0 atom stereocenters. The molecular formula is C16H16ClNO2S. The normalized spacial score (nSPS) is 15.7. The Kier molecular flexibility index (Phi) is 3.78. The smallest absolute Gasteiger partial charge is 0.207 e. The van der Waals surface area contributed by atoms with Crippen LogP contribution in [0.2, 0.25) is 5.02 Å². The number of sulfonamides is 1. The molecule has 1 heterocycles. The Morgan fingerprint density at radius 2 is 1.81 bits per heavy atom. The summed E-state index contributed by atoms with van der Waals surface area (Å²) in [6.45, 7) is 2.78. The number of nitrogens with zero attached hydrogens (tertiary/aromatic N) is 1. The van der Waals surface area contributed by atoms with Gasteiger partial charge in [0.25, 0.3) is 0 Å². The Labute approximate surface area is 130 Å². The van der Waals surface area contributed by atoms with E-state index < -0.39 is 10.0 Å². The van der Waals surface area contributed by atoms with Crippen molar-refractivity contribution in [1.29, 1.82) is 0 Å². The lowest BCUT2D eigenvalue weighted by Crippen LogP contribution is -2.35. The number of halogens is 1. The maximum Gasteiger partial charge on any atom is 0.243 e. The zero-order valence-electron chi connectivity index (χ0n) is 11.7. The van der Waals surface area contributed by atoms with Crippen molar-refractivity contribution in [2.45, 2.75) is 24.8 Å². The Morgan fingerprint density at radius 3 is 2.52 bits per heavy atom. The number of hydrogen-bond donors (Lipinski definition) is 0. The fourth-order valence-electron chi connectivity index (χ4n) is 2.56. The highest BCUT2D eigenvalue weighted by atomic mass is 35.5. The molecule has 3 nitrogen and oxygen atoms in total. The number of fused-ring (bicyclic) bond motifs is 1. The summed E-state index contributed by atoms with van der Waals surface area (Å²) < 4.78 is 27.0. The van der Waals surface area contributed by atoms with Crippen LogP contribution in [0.15, 0.2) is 47.4 Å². The molecule has 0 bridgehead atoms. The van der Waals surface area contributed by atoms with E-state index in [0.717, 1.165) is 17.5 Å². The molecule has 21 heavy (non-hydrogen) atoms. The van der Waals surface area contributed by atoms with Crippen LogP contribution in [0.1, 0.15) is 16.7 Å². The van der Waals surface area contributed by atoms with Gasteiger partial charge in [0, 0.05) is 18.1 Å². The van der Waals surface area contributed by atoms with E-state index in [2.05, 4.69) is 6.07 Å². The second kappa shape index (κ2) is 5.44. The van der Waals surface area contributed by atoms with Crippen LogP contribution in [0.25, 0.3) is 0 Å². The van der Waals surface area contributed by atoms with E-state index in [1.165, 1.54) is 15.9 Å². The minimum atomic E-state index is -3.50. The summed E-state index contributed by atoms with van der Waals surface area (Å²) in [6, 6.07) is 12.9. The first-order valence-corrected chi connectivity index (χ1v) is 8.63. The van der Waals surface area contributed by atoms with E-state index in [1.807, 2.05) is 25.1 Å². The minimum Gasteiger partial charge on any atom is -0.207 e. The predicted octanol–water partition coefficient (Wildman–Crippen LogP) is 3.40. The number of rotatable bonds is 2. The van der Waals surface area contributed by atoms with Crippen LogP contribution in [-0.2, 0) is 23.0 Å². The lowest BCUT2D eigenvalue weighted by Gasteiger charge is -2.28. The average molecular weight is 322 g/mol. The molecule has 1 aliphatic rings. The van der Waals surface area contributed by atoms with Crippen molar-refractivity contribution in [2.75, 3.05) is 6.54 Å². The third-order valence-electron chi connectivity index (χ3n) is 3.88. The van der Waals surface area contributed by atoms with Crippen LogP contribution in [0.4, 0.5) is 0 Å². The molecule has 0 N–H and O–H groups in total. The molecule has 5 heteroatoms. The third kappa shape index (κ3) is 2.71. The van der Waals surface area contributed by atoms with Crippen LogP contribution < -0.4 is 0 Å². The molecule has 0 saturated heterocycles. The lowest BCUT2D eigenvalue weighted by atomic mass is 10.0. The van der Waals surface area contributed by atoms with Gasteiger partial charge in [-0.25, -0.2) is 8.42 Å². The Balaban J connectivity index is 1.95. The molecule has 2 aromatic rings. The molecule has 0 amide bonds. The Bertz CT molecular complexity index is 787. The van der Waals surface area contributed by atoms with E-state index in [4.69, 9.17) is 11.6 Å². The van der Waals surface area contributed by atoms with Gasteiger partial charge in [0.05, 0.1) is 4.90 Å². The highest BCUT2D eigenvalue weighted by Crippen LogP contribution is 2.27. The summed E-state index contributed by atoms with van der Waals surface area (Å²) >= 11 is 6.06. The fraction of sp³-hybridized carbons (Fsp3) is 0.250. The van der Waals surface area contributed by atoms with Crippen molar-refractivity contribution in [3.63, 3.8) is 0 Å². The molecule has 0 aromatic heterocycles. The Hall–Kier alpha value is -1.36. The summed E-state index contributed by atoms with van der Waals surface area (Å²) in [5.41, 5.74) is 3.18. The predicted molar refractivity (Wildman–Crippen MR) is 83.9 cm³/mol. The van der Waals surface area contributed by atoms with E-state index in [0.29, 0.717) is 18.1 Å². The zero-order chi connectivity index (χ0) is 15.0. The maximum absolute atomic E-state index is 12.7. The van der Waals surface area contributed by atoms with Crippen LogP contribution >= 0.6 is 11.6 Å². The highest BCUT2D eigenvalue weighted by Gasteiger charge is 2.28. The molecule has 110 valence electrons. The fourth-order valence-corrected chi connectivity index (χ4v) is 4.25. The molecule has 0 fully saturated rings. The van der Waals surface area contributed by atoms with Crippen LogP contribution in [0.5, 0.6) is 0 Å². The molecule has 3 rings (SSSR count). The summed E-state index contributed by atoms with van der Waals surface area (Å²) in [4.78, 5) is 0.262. The largest absolute Gasteiger partial charge is 0.243 e. The van der Waals surface area contributed by atoms with Crippen molar-refractivity contribution in [2.24, 2.45) is 0 Å². The van der Waals surface area contributed by atoms with Crippen molar-refractivity contribution in [3.05, 3.63) is 64.2 Å². The van der Waals surface area contributed by atoms with Gasteiger partial charge in [-0.1, -0.05) is 41.9 Å². The van der Waals surface area contributed by atoms with Crippen LogP contribution in [-0.4, -0.2) is 19.3 Å². The van der Waals surface area contributed by atoms with Gasteiger partial charge in [-0.05, 0) is 42.2 Å².